The van der Waals surface area contributed by atoms with Crippen LogP contribution in [0.2, 0.25) is 0 Å². The van der Waals surface area contributed by atoms with Crippen molar-refractivity contribution in [3.63, 3.8) is 0 Å². The van der Waals surface area contributed by atoms with Crippen molar-refractivity contribution in [1.82, 2.24) is 5.32 Å². The van der Waals surface area contributed by atoms with Gasteiger partial charge < -0.3 is 10.1 Å². The third-order valence-electron chi connectivity index (χ3n) is 2.00. The number of rotatable bonds is 5. The lowest BCUT2D eigenvalue weighted by Crippen LogP contribution is -2.45. The van der Waals surface area contributed by atoms with Crippen LogP contribution in [-0.2, 0) is 19.0 Å². The average Bonchev–Trinajstić information content (AvgIpc) is 2.08. The van der Waals surface area contributed by atoms with Crippen LogP contribution in [0, 0.1) is 0 Å². The lowest BCUT2D eigenvalue weighted by molar-refractivity contribution is 0.0456. The maximum absolute atomic E-state index is 11.5. The molecule has 1 N–H and O–H groups in total. The molecule has 0 aliphatic carbocycles. The maximum atomic E-state index is 11.5. The van der Waals surface area contributed by atoms with Crippen molar-refractivity contribution in [2.24, 2.45) is 0 Å². The highest BCUT2D eigenvalue weighted by Gasteiger charge is 2.24. The summed E-state index contributed by atoms with van der Waals surface area (Å²) >= 11 is 0. The van der Waals surface area contributed by atoms with Gasteiger partial charge in [-0.15, -0.1) is 0 Å². The van der Waals surface area contributed by atoms with Gasteiger partial charge in [0.05, 0.1) is 18.4 Å². The zero-order chi connectivity index (χ0) is 14.6. The first-order valence-electron chi connectivity index (χ1n) is 5.82. The summed E-state index contributed by atoms with van der Waals surface area (Å²) in [5, 5.41) is 2.56. The summed E-state index contributed by atoms with van der Waals surface area (Å²) < 4.78 is 32.1. The molecule has 7 heteroatoms. The fourth-order valence-corrected chi connectivity index (χ4v) is 2.07. The molecule has 0 aliphatic heterocycles. The molecule has 0 bridgehead atoms. The summed E-state index contributed by atoms with van der Waals surface area (Å²) in [6, 6.07) is -0.459. The predicted molar refractivity (Wildman–Crippen MR) is 68.8 cm³/mol. The zero-order valence-electron chi connectivity index (χ0n) is 11.8. The highest BCUT2D eigenvalue weighted by Crippen LogP contribution is 2.10. The largest absolute Gasteiger partial charge is 0.444 e. The molecule has 0 aromatic carbocycles. The fourth-order valence-electron chi connectivity index (χ4n) is 1.32. The monoisotopic (exact) mass is 281 g/mol. The van der Waals surface area contributed by atoms with Crippen LogP contribution < -0.4 is 5.32 Å². The molecular weight excluding hydrogens is 258 g/mol. The van der Waals surface area contributed by atoms with Crippen molar-refractivity contribution in [1.29, 1.82) is 0 Å². The molecule has 0 heterocycles. The molecule has 0 unspecified atom stereocenters. The smallest absolute Gasteiger partial charge is 0.407 e. The molecule has 0 fully saturated rings. The summed E-state index contributed by atoms with van der Waals surface area (Å²) in [5.74, 6) is 0. The molecule has 0 saturated carbocycles. The van der Waals surface area contributed by atoms with Crippen LogP contribution in [0.4, 0.5) is 4.79 Å². The van der Waals surface area contributed by atoms with E-state index in [0.29, 0.717) is 6.42 Å². The Balaban J connectivity index is 4.45. The van der Waals surface area contributed by atoms with Crippen LogP contribution in [0.1, 0.15) is 41.0 Å². The molecule has 0 aromatic rings. The Hall–Kier alpha value is -0.820. The molecule has 0 radical (unpaired) electrons. The standard InChI is InChI=1S/C11H23NO5S/c1-7-9(17-18(6,14)15)8(2)12-10(13)16-11(3,4)5/h8-9H,7H2,1-6H3,(H,12,13)/t8-,9+/m1/s1. The van der Waals surface area contributed by atoms with E-state index >= 15 is 0 Å². The quantitative estimate of drug-likeness (QED) is 0.775. The third kappa shape index (κ3) is 8.30. The van der Waals surface area contributed by atoms with E-state index in [9.17, 15) is 13.2 Å². The highest BCUT2D eigenvalue weighted by molar-refractivity contribution is 7.86. The molecule has 0 spiro atoms. The summed E-state index contributed by atoms with van der Waals surface area (Å²) in [7, 11) is -3.54. The van der Waals surface area contributed by atoms with E-state index in [1.807, 2.05) is 0 Å². The van der Waals surface area contributed by atoms with Crippen LogP contribution in [0.25, 0.3) is 0 Å². The van der Waals surface area contributed by atoms with Gasteiger partial charge in [-0.3, -0.25) is 4.18 Å². The lowest BCUT2D eigenvalue weighted by Gasteiger charge is -2.25. The average molecular weight is 281 g/mol. The minimum absolute atomic E-state index is 0.459. The summed E-state index contributed by atoms with van der Waals surface area (Å²) in [6.07, 6.45) is 0.248. The number of carbonyl (C=O) groups excluding carboxylic acids is 1. The number of nitrogens with one attached hydrogen (secondary N) is 1. The molecular formula is C11H23NO5S. The molecule has 18 heavy (non-hydrogen) atoms. The van der Waals surface area contributed by atoms with Gasteiger partial charge >= 0.3 is 6.09 Å². The van der Waals surface area contributed by atoms with Gasteiger partial charge in [-0.1, -0.05) is 6.92 Å². The van der Waals surface area contributed by atoms with E-state index in [1.165, 1.54) is 0 Å². The Morgan fingerprint density at radius 2 is 1.83 bits per heavy atom. The first-order valence-corrected chi connectivity index (χ1v) is 7.64. The Bertz CT molecular complexity index is 371. The van der Waals surface area contributed by atoms with E-state index in [1.54, 1.807) is 34.6 Å². The first-order chi connectivity index (χ1) is 7.94. The van der Waals surface area contributed by atoms with Gasteiger partial charge in [0.15, 0.2) is 0 Å². The predicted octanol–water partition coefficient (Wildman–Crippen LogP) is 1.65. The Kier molecular flexibility index (Phi) is 6.09. The molecule has 0 rings (SSSR count). The number of hydrogen-bond acceptors (Lipinski definition) is 5. The van der Waals surface area contributed by atoms with Crippen molar-refractivity contribution in [2.75, 3.05) is 6.26 Å². The van der Waals surface area contributed by atoms with Crippen LogP contribution in [-0.4, -0.2) is 38.5 Å². The van der Waals surface area contributed by atoms with Crippen molar-refractivity contribution < 1.29 is 22.1 Å². The Morgan fingerprint density at radius 1 is 1.33 bits per heavy atom. The summed E-state index contributed by atoms with van der Waals surface area (Å²) in [4.78, 5) is 11.5. The normalized spacial score (nSPS) is 15.9. The van der Waals surface area contributed by atoms with Crippen LogP contribution in [0.15, 0.2) is 0 Å². The summed E-state index contributed by atoms with van der Waals surface area (Å²) in [6.45, 7) is 8.71. The maximum Gasteiger partial charge on any atom is 0.407 e. The molecule has 0 aliphatic rings. The van der Waals surface area contributed by atoms with Gasteiger partial charge in [-0.25, -0.2) is 4.79 Å². The van der Waals surface area contributed by atoms with Crippen LogP contribution in [0.3, 0.4) is 0 Å². The number of hydrogen-bond donors (Lipinski definition) is 1. The molecule has 0 saturated heterocycles. The molecule has 0 aromatic heterocycles. The van der Waals surface area contributed by atoms with Crippen molar-refractivity contribution >= 4 is 16.2 Å². The molecule has 6 nitrogen and oxygen atoms in total. The number of ether oxygens (including phenoxy) is 1. The third-order valence-corrected chi connectivity index (χ3v) is 2.60. The van der Waals surface area contributed by atoms with Crippen molar-refractivity contribution in [3.05, 3.63) is 0 Å². The second kappa shape index (κ2) is 6.38. The van der Waals surface area contributed by atoms with Gasteiger partial charge in [-0.2, -0.15) is 8.42 Å². The SMILES string of the molecule is CC[C@H](OS(C)(=O)=O)[C@@H](C)NC(=O)OC(C)(C)C. The fraction of sp³-hybridized carbons (Fsp3) is 0.909. The molecule has 1 amide bonds. The highest BCUT2D eigenvalue weighted by atomic mass is 32.2. The summed E-state index contributed by atoms with van der Waals surface area (Å²) in [5.41, 5.74) is -0.594. The van der Waals surface area contributed by atoms with Gasteiger partial charge in [0, 0.05) is 0 Å². The molecule has 2 atom stereocenters. The van der Waals surface area contributed by atoms with Crippen molar-refractivity contribution in [3.8, 4) is 0 Å². The minimum Gasteiger partial charge on any atom is -0.444 e. The topological polar surface area (TPSA) is 81.7 Å². The Labute approximate surface area is 109 Å². The van der Waals surface area contributed by atoms with Gasteiger partial charge in [0.25, 0.3) is 10.1 Å². The van der Waals surface area contributed by atoms with Gasteiger partial charge in [-0.05, 0) is 34.1 Å². The van der Waals surface area contributed by atoms with E-state index < -0.39 is 34.0 Å². The number of alkyl carbamates (subject to hydrolysis) is 1. The second-order valence-electron chi connectivity index (χ2n) is 5.18. The van der Waals surface area contributed by atoms with Crippen LogP contribution in [0.5, 0.6) is 0 Å². The van der Waals surface area contributed by atoms with Crippen molar-refractivity contribution in [2.45, 2.75) is 58.8 Å². The Morgan fingerprint density at radius 3 is 2.17 bits per heavy atom. The van der Waals surface area contributed by atoms with E-state index in [4.69, 9.17) is 8.92 Å². The number of carbonyl (C=O) groups is 1. The first kappa shape index (κ1) is 17.2. The zero-order valence-corrected chi connectivity index (χ0v) is 12.6. The molecule has 108 valence electrons. The number of amides is 1. The lowest BCUT2D eigenvalue weighted by atomic mass is 10.1. The van der Waals surface area contributed by atoms with E-state index in [-0.39, 0.29) is 0 Å². The van der Waals surface area contributed by atoms with Gasteiger partial charge in [0.2, 0.25) is 0 Å². The second-order valence-corrected chi connectivity index (χ2v) is 6.78. The van der Waals surface area contributed by atoms with E-state index in [2.05, 4.69) is 5.32 Å². The van der Waals surface area contributed by atoms with Crippen LogP contribution >= 0.6 is 0 Å². The minimum atomic E-state index is -3.54. The van der Waals surface area contributed by atoms with Gasteiger partial charge in [0.1, 0.15) is 5.60 Å². The van der Waals surface area contributed by atoms with E-state index in [0.717, 1.165) is 6.26 Å².